The van der Waals surface area contributed by atoms with Crippen molar-refractivity contribution in [2.45, 2.75) is 0 Å². The summed E-state index contributed by atoms with van der Waals surface area (Å²) in [5.74, 6) is -0.263. The number of hydrogen-bond acceptors (Lipinski definition) is 2. The van der Waals surface area contributed by atoms with Gasteiger partial charge in [-0.25, -0.2) is 9.40 Å². The van der Waals surface area contributed by atoms with Crippen molar-refractivity contribution < 1.29 is 4.39 Å². The molecule has 0 aromatic heterocycles. The monoisotopic (exact) mass is 278 g/mol. The molecule has 0 unspecified atom stereocenters. The molecular formula is C11H9BBrFN2. The van der Waals surface area contributed by atoms with Crippen LogP contribution in [0.5, 0.6) is 0 Å². The second-order valence-electron chi connectivity index (χ2n) is 3.48. The van der Waals surface area contributed by atoms with Crippen LogP contribution in [0.25, 0.3) is 0 Å². The summed E-state index contributed by atoms with van der Waals surface area (Å²) in [5, 5.41) is 5.90. The van der Waals surface area contributed by atoms with E-state index in [1.165, 1.54) is 12.1 Å². The minimum Gasteiger partial charge on any atom is -0.233 e. The maximum absolute atomic E-state index is 12.8. The highest BCUT2D eigenvalue weighted by Crippen LogP contribution is 2.30. The number of anilines is 1. The first-order valence-corrected chi connectivity index (χ1v) is 5.54. The number of hydrazone groups is 1. The van der Waals surface area contributed by atoms with Gasteiger partial charge in [-0.3, -0.25) is 0 Å². The third kappa shape index (κ3) is 1.95. The van der Waals surface area contributed by atoms with E-state index in [4.69, 9.17) is 0 Å². The standard InChI is InChI=1S/C11H9BBrFN2/c1-7-11(13)10(12)6-15-16(7)9-4-2-8(14)3-5-9/h2-6H,1,12H2. The van der Waals surface area contributed by atoms with Gasteiger partial charge >= 0.3 is 0 Å². The third-order valence-corrected chi connectivity index (χ3v) is 3.38. The van der Waals surface area contributed by atoms with Crippen molar-refractivity contribution in [1.82, 2.24) is 0 Å². The third-order valence-electron chi connectivity index (χ3n) is 2.29. The summed E-state index contributed by atoms with van der Waals surface area (Å²) in [7, 11) is 1.95. The lowest BCUT2D eigenvalue weighted by atomic mass is 9.95. The fourth-order valence-corrected chi connectivity index (χ4v) is 1.67. The molecule has 5 heteroatoms. The predicted octanol–water partition coefficient (Wildman–Crippen LogP) is 2.38. The number of benzene rings is 1. The average molecular weight is 279 g/mol. The molecule has 16 heavy (non-hydrogen) atoms. The normalized spacial score (nSPS) is 15.9. The smallest absolute Gasteiger partial charge is 0.143 e. The fourth-order valence-electron chi connectivity index (χ4n) is 1.40. The first-order valence-electron chi connectivity index (χ1n) is 4.75. The molecule has 0 radical (unpaired) electrons. The van der Waals surface area contributed by atoms with Crippen LogP contribution in [0.3, 0.4) is 0 Å². The molecule has 1 aliphatic heterocycles. The number of halogens is 2. The molecule has 1 aromatic carbocycles. The number of allylic oxidation sites excluding steroid dienone is 2. The average Bonchev–Trinajstić information content (AvgIpc) is 2.28. The van der Waals surface area contributed by atoms with Crippen LogP contribution in [0.15, 0.2) is 51.6 Å². The van der Waals surface area contributed by atoms with Crippen molar-refractivity contribution in [3.05, 3.63) is 52.3 Å². The van der Waals surface area contributed by atoms with Gasteiger partial charge in [-0.2, -0.15) is 5.10 Å². The molecule has 0 atom stereocenters. The van der Waals surface area contributed by atoms with Crippen LogP contribution in [-0.2, 0) is 0 Å². The van der Waals surface area contributed by atoms with Crippen LogP contribution in [0.4, 0.5) is 10.1 Å². The Labute approximate surface area is 103 Å². The Balaban J connectivity index is 2.35. The number of hydrogen-bond donors (Lipinski definition) is 0. The van der Waals surface area contributed by atoms with Gasteiger partial charge in [0, 0.05) is 10.7 Å². The molecule has 80 valence electrons. The molecule has 0 saturated heterocycles. The van der Waals surface area contributed by atoms with Crippen molar-refractivity contribution in [2.24, 2.45) is 5.10 Å². The summed E-state index contributed by atoms with van der Waals surface area (Å²) in [5.41, 5.74) is 2.54. The van der Waals surface area contributed by atoms with E-state index in [0.717, 1.165) is 21.3 Å². The summed E-state index contributed by atoms with van der Waals surface area (Å²) in [6, 6.07) is 6.13. The Morgan fingerprint density at radius 1 is 1.31 bits per heavy atom. The van der Waals surface area contributed by atoms with Crippen molar-refractivity contribution in [3.63, 3.8) is 0 Å². The lowest BCUT2D eigenvalue weighted by molar-refractivity contribution is 0.627. The molecule has 0 fully saturated rings. The first kappa shape index (κ1) is 11.1. The van der Waals surface area contributed by atoms with Gasteiger partial charge in [-0.05, 0) is 40.2 Å². The molecule has 1 heterocycles. The lowest BCUT2D eigenvalue weighted by Gasteiger charge is -2.25. The second kappa shape index (κ2) is 4.25. The molecular weight excluding hydrogens is 270 g/mol. The van der Waals surface area contributed by atoms with E-state index in [1.54, 1.807) is 23.4 Å². The van der Waals surface area contributed by atoms with Crippen molar-refractivity contribution in [2.75, 3.05) is 5.01 Å². The van der Waals surface area contributed by atoms with Gasteiger partial charge in [0.05, 0.1) is 11.4 Å². The molecule has 0 amide bonds. The lowest BCUT2D eigenvalue weighted by Crippen LogP contribution is -2.20. The molecule has 0 N–H and O–H groups in total. The van der Waals surface area contributed by atoms with Gasteiger partial charge in [0.15, 0.2) is 0 Å². The summed E-state index contributed by atoms with van der Waals surface area (Å²) >= 11 is 3.44. The highest BCUT2D eigenvalue weighted by molar-refractivity contribution is 9.12. The maximum Gasteiger partial charge on any atom is 0.143 e. The highest BCUT2D eigenvalue weighted by atomic mass is 79.9. The van der Waals surface area contributed by atoms with Gasteiger partial charge < -0.3 is 0 Å². The first-order chi connectivity index (χ1) is 7.59. The van der Waals surface area contributed by atoms with Gasteiger partial charge in [0.2, 0.25) is 0 Å². The zero-order chi connectivity index (χ0) is 11.7. The Kier molecular flexibility index (Phi) is 2.96. The van der Waals surface area contributed by atoms with E-state index in [0.29, 0.717) is 0 Å². The molecule has 2 rings (SSSR count). The van der Waals surface area contributed by atoms with E-state index >= 15 is 0 Å². The van der Waals surface area contributed by atoms with Gasteiger partial charge in [-0.15, -0.1) is 0 Å². The van der Waals surface area contributed by atoms with Gasteiger partial charge in [0.25, 0.3) is 0 Å². The Morgan fingerprint density at radius 2 is 1.94 bits per heavy atom. The molecule has 1 aromatic rings. The van der Waals surface area contributed by atoms with Crippen LogP contribution in [0.1, 0.15) is 0 Å². The summed E-state index contributed by atoms with van der Waals surface area (Å²) in [6.07, 6.45) is 1.74. The van der Waals surface area contributed by atoms with Crippen LogP contribution in [0.2, 0.25) is 0 Å². The van der Waals surface area contributed by atoms with E-state index < -0.39 is 0 Å². The molecule has 1 aliphatic rings. The largest absolute Gasteiger partial charge is 0.233 e. The minimum absolute atomic E-state index is 0.263. The van der Waals surface area contributed by atoms with E-state index in [9.17, 15) is 4.39 Å². The molecule has 0 aliphatic carbocycles. The molecule has 0 bridgehead atoms. The zero-order valence-electron chi connectivity index (χ0n) is 8.74. The summed E-state index contributed by atoms with van der Waals surface area (Å²) in [4.78, 5) is 0. The maximum atomic E-state index is 12.8. The Morgan fingerprint density at radius 3 is 2.56 bits per heavy atom. The molecule has 0 spiro atoms. The van der Waals surface area contributed by atoms with Gasteiger partial charge in [-0.1, -0.05) is 12.1 Å². The number of nitrogens with zero attached hydrogens (tertiary/aromatic N) is 2. The quantitative estimate of drug-likeness (QED) is 0.721. The zero-order valence-corrected chi connectivity index (χ0v) is 10.3. The predicted molar refractivity (Wildman–Crippen MR) is 71.0 cm³/mol. The van der Waals surface area contributed by atoms with E-state index in [-0.39, 0.29) is 5.82 Å². The Hall–Kier alpha value is -1.36. The van der Waals surface area contributed by atoms with E-state index in [1.807, 2.05) is 7.85 Å². The topological polar surface area (TPSA) is 15.6 Å². The van der Waals surface area contributed by atoms with Gasteiger partial charge in [0.1, 0.15) is 13.7 Å². The second-order valence-corrected chi connectivity index (χ2v) is 4.27. The molecule has 2 nitrogen and oxygen atoms in total. The van der Waals surface area contributed by atoms with Crippen molar-refractivity contribution >= 4 is 35.7 Å². The minimum atomic E-state index is -0.263. The van der Waals surface area contributed by atoms with E-state index in [2.05, 4.69) is 27.6 Å². The van der Waals surface area contributed by atoms with Crippen LogP contribution in [0, 0.1) is 5.82 Å². The van der Waals surface area contributed by atoms with Crippen LogP contribution in [-0.4, -0.2) is 14.1 Å². The van der Waals surface area contributed by atoms with Crippen molar-refractivity contribution in [1.29, 1.82) is 0 Å². The summed E-state index contributed by atoms with van der Waals surface area (Å²) in [6.45, 7) is 3.94. The SMILES string of the molecule is BC1=C(Br)C(=C)N(c2ccc(F)cc2)N=C1. The van der Waals surface area contributed by atoms with Crippen LogP contribution >= 0.6 is 15.9 Å². The highest BCUT2D eigenvalue weighted by Gasteiger charge is 2.16. The fraction of sp³-hybridized carbons (Fsp3) is 0. The number of rotatable bonds is 1. The Bertz CT molecular complexity index is 493. The summed E-state index contributed by atoms with van der Waals surface area (Å²) < 4.78 is 13.7. The van der Waals surface area contributed by atoms with Crippen LogP contribution < -0.4 is 5.01 Å². The molecule has 0 saturated carbocycles. The van der Waals surface area contributed by atoms with Crippen molar-refractivity contribution in [3.8, 4) is 0 Å².